The van der Waals surface area contributed by atoms with E-state index in [1.165, 1.54) is 17.5 Å². The second-order valence-corrected chi connectivity index (χ2v) is 7.13. The lowest BCUT2D eigenvalue weighted by atomic mass is 9.99. The molecule has 28 heavy (non-hydrogen) atoms. The number of hydrogen-bond acceptors (Lipinski definition) is 4. The summed E-state index contributed by atoms with van der Waals surface area (Å²) in [6, 6.07) is 21.4. The number of benzene rings is 2. The molecule has 1 unspecified atom stereocenters. The Hall–Kier alpha value is -3.18. The highest BCUT2D eigenvalue weighted by Crippen LogP contribution is 2.28. The fraction of sp³-hybridized carbons (Fsp3) is 0.217. The molecule has 3 aromatic rings. The monoisotopic (exact) mass is 373 g/mol. The van der Waals surface area contributed by atoms with Crippen LogP contribution in [0.3, 0.4) is 0 Å². The van der Waals surface area contributed by atoms with Gasteiger partial charge in [-0.05, 0) is 54.3 Å². The van der Waals surface area contributed by atoms with E-state index in [1.54, 1.807) is 24.3 Å². The maximum Gasteiger partial charge on any atom is 0.248 e. The first-order chi connectivity index (χ1) is 13.7. The number of nitrogens with zero attached hydrogens (tertiary/aromatic N) is 2. The van der Waals surface area contributed by atoms with Crippen LogP contribution in [0.2, 0.25) is 0 Å². The van der Waals surface area contributed by atoms with E-state index in [0.29, 0.717) is 23.1 Å². The number of carbonyl (C=O) groups excluding carboxylic acids is 1. The SMILES string of the molecule is NC(=O)c1ccc(Oc2ccc(CN3CCC(c4ccccc4)C3)cn2)cc1. The lowest BCUT2D eigenvalue weighted by Crippen LogP contribution is -2.19. The predicted molar refractivity (Wildman–Crippen MR) is 108 cm³/mol. The zero-order valence-electron chi connectivity index (χ0n) is 15.6. The van der Waals surface area contributed by atoms with Gasteiger partial charge in [-0.2, -0.15) is 0 Å². The van der Waals surface area contributed by atoms with E-state index >= 15 is 0 Å². The van der Waals surface area contributed by atoms with Gasteiger partial charge in [-0.25, -0.2) is 4.98 Å². The molecule has 1 atom stereocenters. The van der Waals surface area contributed by atoms with E-state index in [2.05, 4.69) is 46.3 Å². The summed E-state index contributed by atoms with van der Waals surface area (Å²) in [6.07, 6.45) is 3.06. The summed E-state index contributed by atoms with van der Waals surface area (Å²) in [7, 11) is 0. The average Bonchev–Trinajstić information content (AvgIpc) is 3.19. The van der Waals surface area contributed by atoms with Crippen molar-refractivity contribution in [1.29, 1.82) is 0 Å². The minimum absolute atomic E-state index is 0.453. The topological polar surface area (TPSA) is 68.5 Å². The van der Waals surface area contributed by atoms with Gasteiger partial charge in [-0.15, -0.1) is 0 Å². The molecule has 1 fully saturated rings. The van der Waals surface area contributed by atoms with Gasteiger partial charge in [0.05, 0.1) is 0 Å². The van der Waals surface area contributed by atoms with Crippen molar-refractivity contribution in [2.45, 2.75) is 18.9 Å². The number of nitrogens with two attached hydrogens (primary N) is 1. The third-order valence-electron chi connectivity index (χ3n) is 5.11. The molecule has 142 valence electrons. The van der Waals surface area contributed by atoms with Crippen molar-refractivity contribution in [3.63, 3.8) is 0 Å². The molecule has 1 aliphatic rings. The van der Waals surface area contributed by atoms with Crippen LogP contribution >= 0.6 is 0 Å². The van der Waals surface area contributed by atoms with E-state index in [9.17, 15) is 4.79 Å². The summed E-state index contributed by atoms with van der Waals surface area (Å²) in [4.78, 5) is 18.0. The molecule has 0 aliphatic carbocycles. The number of hydrogen-bond donors (Lipinski definition) is 1. The Morgan fingerprint density at radius 2 is 1.86 bits per heavy atom. The highest BCUT2D eigenvalue weighted by Gasteiger charge is 2.23. The fourth-order valence-corrected chi connectivity index (χ4v) is 3.60. The van der Waals surface area contributed by atoms with Gasteiger partial charge in [0.1, 0.15) is 5.75 Å². The van der Waals surface area contributed by atoms with Gasteiger partial charge in [0.15, 0.2) is 0 Å². The quantitative estimate of drug-likeness (QED) is 0.710. The Morgan fingerprint density at radius 1 is 1.07 bits per heavy atom. The first-order valence-electron chi connectivity index (χ1n) is 9.47. The van der Waals surface area contributed by atoms with Crippen LogP contribution in [0.4, 0.5) is 0 Å². The number of pyridine rings is 1. The van der Waals surface area contributed by atoms with Crippen molar-refractivity contribution in [2.75, 3.05) is 13.1 Å². The van der Waals surface area contributed by atoms with Crippen LogP contribution in [0.5, 0.6) is 11.6 Å². The number of carbonyl (C=O) groups is 1. The van der Waals surface area contributed by atoms with Crippen LogP contribution in [0.1, 0.15) is 33.8 Å². The van der Waals surface area contributed by atoms with Crippen LogP contribution in [0.25, 0.3) is 0 Å². The zero-order valence-corrected chi connectivity index (χ0v) is 15.6. The summed E-state index contributed by atoms with van der Waals surface area (Å²) in [6.45, 7) is 3.07. The molecule has 5 heteroatoms. The van der Waals surface area contributed by atoms with Crippen LogP contribution in [0, 0.1) is 0 Å². The Morgan fingerprint density at radius 3 is 2.54 bits per heavy atom. The molecule has 0 spiro atoms. The molecule has 5 nitrogen and oxygen atoms in total. The molecule has 1 saturated heterocycles. The largest absolute Gasteiger partial charge is 0.439 e. The Labute approximate surface area is 164 Å². The second kappa shape index (κ2) is 8.23. The molecule has 0 saturated carbocycles. The van der Waals surface area contributed by atoms with Crippen molar-refractivity contribution in [3.8, 4) is 11.6 Å². The Balaban J connectivity index is 1.33. The van der Waals surface area contributed by atoms with E-state index in [4.69, 9.17) is 10.5 Å². The van der Waals surface area contributed by atoms with Crippen molar-refractivity contribution in [2.24, 2.45) is 5.73 Å². The first kappa shape index (κ1) is 18.2. The normalized spacial score (nSPS) is 16.8. The molecule has 2 heterocycles. The number of primary amides is 1. The van der Waals surface area contributed by atoms with E-state index < -0.39 is 5.91 Å². The fourth-order valence-electron chi connectivity index (χ4n) is 3.60. The van der Waals surface area contributed by atoms with E-state index in [1.807, 2.05) is 12.3 Å². The third-order valence-corrected chi connectivity index (χ3v) is 5.11. The molecule has 1 aromatic heterocycles. The van der Waals surface area contributed by atoms with Crippen LogP contribution in [0.15, 0.2) is 72.9 Å². The maximum atomic E-state index is 11.1. The predicted octanol–water partition coefficient (Wildman–Crippen LogP) is 3.96. The lowest BCUT2D eigenvalue weighted by Gasteiger charge is -2.16. The maximum absolute atomic E-state index is 11.1. The highest BCUT2D eigenvalue weighted by molar-refractivity contribution is 5.92. The standard InChI is InChI=1S/C23H23N3O2/c24-23(27)19-7-9-21(10-8-19)28-22-11-6-17(14-25-22)15-26-13-12-20(16-26)18-4-2-1-3-5-18/h1-11,14,20H,12-13,15-16H2,(H2,24,27). The van der Waals surface area contributed by atoms with Gasteiger partial charge in [0, 0.05) is 30.9 Å². The van der Waals surface area contributed by atoms with Crippen LogP contribution in [-0.2, 0) is 6.54 Å². The number of likely N-dealkylation sites (tertiary alicyclic amines) is 1. The Bertz CT molecular complexity index is 924. The number of amides is 1. The highest BCUT2D eigenvalue weighted by atomic mass is 16.5. The number of rotatable bonds is 6. The van der Waals surface area contributed by atoms with Crippen molar-refractivity contribution in [3.05, 3.63) is 89.6 Å². The molecule has 0 bridgehead atoms. The van der Waals surface area contributed by atoms with Crippen molar-refractivity contribution < 1.29 is 9.53 Å². The van der Waals surface area contributed by atoms with Crippen molar-refractivity contribution >= 4 is 5.91 Å². The van der Waals surface area contributed by atoms with Crippen LogP contribution < -0.4 is 10.5 Å². The summed E-state index contributed by atoms with van der Waals surface area (Å²) in [5.41, 5.74) is 8.30. The van der Waals surface area contributed by atoms with Gasteiger partial charge < -0.3 is 10.5 Å². The lowest BCUT2D eigenvalue weighted by molar-refractivity contribution is 0.100. The zero-order chi connectivity index (χ0) is 19.3. The van der Waals surface area contributed by atoms with Gasteiger partial charge in [0.25, 0.3) is 0 Å². The minimum Gasteiger partial charge on any atom is -0.439 e. The second-order valence-electron chi connectivity index (χ2n) is 7.13. The smallest absolute Gasteiger partial charge is 0.248 e. The molecular weight excluding hydrogens is 350 g/mol. The van der Waals surface area contributed by atoms with E-state index in [0.717, 1.165) is 19.6 Å². The van der Waals surface area contributed by atoms with E-state index in [-0.39, 0.29) is 0 Å². The summed E-state index contributed by atoms with van der Waals surface area (Å²) >= 11 is 0. The van der Waals surface area contributed by atoms with Crippen molar-refractivity contribution in [1.82, 2.24) is 9.88 Å². The number of ether oxygens (including phenoxy) is 1. The van der Waals surface area contributed by atoms with Gasteiger partial charge >= 0.3 is 0 Å². The molecule has 1 aliphatic heterocycles. The molecule has 4 rings (SSSR count). The minimum atomic E-state index is -0.453. The molecular formula is C23H23N3O2. The molecule has 0 radical (unpaired) electrons. The molecule has 2 aromatic carbocycles. The summed E-state index contributed by atoms with van der Waals surface area (Å²) in [5.74, 6) is 1.31. The van der Waals surface area contributed by atoms with Gasteiger partial charge in [-0.1, -0.05) is 36.4 Å². The average molecular weight is 373 g/mol. The van der Waals surface area contributed by atoms with Crippen LogP contribution in [-0.4, -0.2) is 28.9 Å². The Kier molecular flexibility index (Phi) is 5.35. The summed E-state index contributed by atoms with van der Waals surface area (Å²) < 4.78 is 5.74. The molecule has 2 N–H and O–H groups in total. The number of aromatic nitrogens is 1. The first-order valence-corrected chi connectivity index (χ1v) is 9.47. The summed E-state index contributed by atoms with van der Waals surface area (Å²) in [5, 5.41) is 0. The third kappa shape index (κ3) is 4.38. The van der Waals surface area contributed by atoms with Gasteiger partial charge in [0.2, 0.25) is 11.8 Å². The van der Waals surface area contributed by atoms with Gasteiger partial charge in [-0.3, -0.25) is 9.69 Å². The molecule has 1 amide bonds.